The number of amides is 2. The van der Waals surface area contributed by atoms with Crippen LogP contribution in [0.2, 0.25) is 0 Å². The maximum absolute atomic E-state index is 12.1. The zero-order valence-electron chi connectivity index (χ0n) is 14.4. The maximum Gasteiger partial charge on any atom is 0.319 e. The molecule has 2 N–H and O–H groups in total. The molecule has 2 atom stereocenters. The van der Waals surface area contributed by atoms with Gasteiger partial charge in [-0.1, -0.05) is 30.3 Å². The van der Waals surface area contributed by atoms with E-state index < -0.39 is 0 Å². The molecule has 6 nitrogen and oxygen atoms in total. The molecule has 25 heavy (non-hydrogen) atoms. The van der Waals surface area contributed by atoms with Crippen molar-refractivity contribution in [2.24, 2.45) is 0 Å². The summed E-state index contributed by atoms with van der Waals surface area (Å²) in [5, 5.41) is 5.73. The molecule has 0 bridgehead atoms. The van der Waals surface area contributed by atoms with Crippen LogP contribution >= 0.6 is 0 Å². The van der Waals surface area contributed by atoms with E-state index in [-0.39, 0.29) is 18.2 Å². The third kappa shape index (κ3) is 5.27. The van der Waals surface area contributed by atoms with Gasteiger partial charge in [0.05, 0.1) is 30.6 Å². The van der Waals surface area contributed by atoms with Crippen molar-refractivity contribution in [2.45, 2.75) is 25.6 Å². The molecule has 6 heteroatoms. The van der Waals surface area contributed by atoms with Crippen LogP contribution in [0.15, 0.2) is 54.9 Å². The number of nitrogens with zero attached hydrogens (tertiary/aromatic N) is 2. The second-order valence-electron chi connectivity index (χ2n) is 6.26. The van der Waals surface area contributed by atoms with Gasteiger partial charge in [0.2, 0.25) is 0 Å². The molecule has 132 valence electrons. The minimum Gasteiger partial charge on any atom is -0.373 e. The number of pyridine rings is 1. The van der Waals surface area contributed by atoms with Crippen LogP contribution in [0.4, 0.5) is 10.5 Å². The molecule has 0 aliphatic carbocycles. The molecule has 1 saturated heterocycles. The monoisotopic (exact) mass is 340 g/mol. The van der Waals surface area contributed by atoms with Crippen LogP contribution in [-0.4, -0.2) is 47.8 Å². The Morgan fingerprint density at radius 1 is 1.32 bits per heavy atom. The first kappa shape index (κ1) is 17.4. The van der Waals surface area contributed by atoms with E-state index in [9.17, 15) is 4.79 Å². The van der Waals surface area contributed by atoms with Gasteiger partial charge in [0.1, 0.15) is 0 Å². The number of benzene rings is 1. The largest absolute Gasteiger partial charge is 0.373 e. The van der Waals surface area contributed by atoms with Gasteiger partial charge in [0, 0.05) is 25.8 Å². The Morgan fingerprint density at radius 3 is 2.92 bits per heavy atom. The topological polar surface area (TPSA) is 66.5 Å². The van der Waals surface area contributed by atoms with Gasteiger partial charge in [-0.3, -0.25) is 9.88 Å². The van der Waals surface area contributed by atoms with Gasteiger partial charge < -0.3 is 15.4 Å². The highest BCUT2D eigenvalue weighted by molar-refractivity contribution is 5.89. The van der Waals surface area contributed by atoms with E-state index in [1.807, 2.05) is 13.0 Å². The third-order valence-corrected chi connectivity index (χ3v) is 4.26. The van der Waals surface area contributed by atoms with Gasteiger partial charge in [-0.25, -0.2) is 4.79 Å². The van der Waals surface area contributed by atoms with Gasteiger partial charge in [0.15, 0.2) is 0 Å². The van der Waals surface area contributed by atoms with E-state index in [1.54, 1.807) is 24.5 Å². The SMILES string of the molecule is C[C@@H](NC(=O)Nc1cccnc1)[C@@H]1CN(Cc2ccccc2)CCO1. The van der Waals surface area contributed by atoms with Crippen molar-refractivity contribution in [1.29, 1.82) is 0 Å². The number of aromatic nitrogens is 1. The molecule has 0 radical (unpaired) electrons. The number of carbonyl (C=O) groups excluding carboxylic acids is 1. The van der Waals surface area contributed by atoms with Crippen LogP contribution < -0.4 is 10.6 Å². The zero-order valence-corrected chi connectivity index (χ0v) is 14.4. The Kier molecular flexibility index (Phi) is 5.98. The zero-order chi connectivity index (χ0) is 17.5. The number of ether oxygens (including phenoxy) is 1. The number of hydrogen-bond donors (Lipinski definition) is 2. The summed E-state index contributed by atoms with van der Waals surface area (Å²) < 4.78 is 5.86. The lowest BCUT2D eigenvalue weighted by Gasteiger charge is -2.36. The Hall–Kier alpha value is -2.44. The minimum absolute atomic E-state index is 0.0305. The van der Waals surface area contributed by atoms with Crippen LogP contribution in [0.3, 0.4) is 0 Å². The molecule has 1 aromatic carbocycles. The molecule has 0 saturated carbocycles. The number of rotatable bonds is 5. The van der Waals surface area contributed by atoms with Crippen molar-refractivity contribution < 1.29 is 9.53 Å². The smallest absolute Gasteiger partial charge is 0.319 e. The van der Waals surface area contributed by atoms with Crippen molar-refractivity contribution in [3.63, 3.8) is 0 Å². The predicted octanol–water partition coefficient (Wildman–Crippen LogP) is 2.49. The lowest BCUT2D eigenvalue weighted by Crippen LogP contribution is -2.52. The van der Waals surface area contributed by atoms with Crippen LogP contribution in [0.5, 0.6) is 0 Å². The van der Waals surface area contributed by atoms with Gasteiger partial charge >= 0.3 is 6.03 Å². The normalized spacial score (nSPS) is 19.2. The number of hydrogen-bond acceptors (Lipinski definition) is 4. The molecule has 2 aromatic rings. The first-order chi connectivity index (χ1) is 12.2. The van der Waals surface area contributed by atoms with Gasteiger partial charge in [0.25, 0.3) is 0 Å². The molecule has 1 aromatic heterocycles. The number of urea groups is 1. The van der Waals surface area contributed by atoms with Crippen LogP contribution in [-0.2, 0) is 11.3 Å². The molecular formula is C19H24N4O2. The van der Waals surface area contributed by atoms with Crippen LogP contribution in [0, 0.1) is 0 Å². The highest BCUT2D eigenvalue weighted by Crippen LogP contribution is 2.13. The van der Waals surface area contributed by atoms with E-state index in [0.717, 1.165) is 19.6 Å². The first-order valence-electron chi connectivity index (χ1n) is 8.56. The minimum atomic E-state index is -0.246. The molecule has 0 spiro atoms. The van der Waals surface area contributed by atoms with Gasteiger partial charge in [-0.05, 0) is 24.6 Å². The van der Waals surface area contributed by atoms with E-state index >= 15 is 0 Å². The highest BCUT2D eigenvalue weighted by Gasteiger charge is 2.26. The molecule has 1 fully saturated rings. The van der Waals surface area contributed by atoms with E-state index in [4.69, 9.17) is 4.74 Å². The van der Waals surface area contributed by atoms with Crippen molar-refractivity contribution in [3.05, 3.63) is 60.4 Å². The first-order valence-corrected chi connectivity index (χ1v) is 8.56. The van der Waals surface area contributed by atoms with Crippen LogP contribution in [0.1, 0.15) is 12.5 Å². The van der Waals surface area contributed by atoms with E-state index in [2.05, 4.69) is 44.8 Å². The summed E-state index contributed by atoms with van der Waals surface area (Å²) in [5.74, 6) is 0. The predicted molar refractivity (Wildman–Crippen MR) is 97.3 cm³/mol. The Labute approximate surface area is 148 Å². The second-order valence-corrected chi connectivity index (χ2v) is 6.26. The summed E-state index contributed by atoms with van der Waals surface area (Å²) in [6.45, 7) is 5.24. The van der Waals surface area contributed by atoms with E-state index in [1.165, 1.54) is 5.56 Å². The van der Waals surface area contributed by atoms with E-state index in [0.29, 0.717) is 12.3 Å². The van der Waals surface area contributed by atoms with Crippen molar-refractivity contribution >= 4 is 11.7 Å². The summed E-state index contributed by atoms with van der Waals surface area (Å²) in [7, 11) is 0. The molecule has 1 aliphatic heterocycles. The summed E-state index contributed by atoms with van der Waals surface area (Å²) in [5.41, 5.74) is 1.96. The van der Waals surface area contributed by atoms with Crippen molar-refractivity contribution in [3.8, 4) is 0 Å². The Bertz CT molecular complexity index is 666. The Morgan fingerprint density at radius 2 is 2.16 bits per heavy atom. The summed E-state index contributed by atoms with van der Waals surface area (Å²) >= 11 is 0. The summed E-state index contributed by atoms with van der Waals surface area (Å²) in [4.78, 5) is 18.5. The molecule has 2 heterocycles. The maximum atomic E-state index is 12.1. The van der Waals surface area contributed by atoms with Crippen molar-refractivity contribution in [2.75, 3.05) is 25.0 Å². The Balaban J connectivity index is 1.49. The summed E-state index contributed by atoms with van der Waals surface area (Å²) in [6, 6.07) is 13.7. The number of morpholine rings is 1. The highest BCUT2D eigenvalue weighted by atomic mass is 16.5. The third-order valence-electron chi connectivity index (χ3n) is 4.26. The standard InChI is InChI=1S/C19H24N4O2/c1-15(21-19(24)22-17-8-5-9-20-12-17)18-14-23(10-11-25-18)13-16-6-3-2-4-7-16/h2-9,12,15,18H,10-11,13-14H2,1H3,(H2,21,22,24)/t15-,18+/m1/s1. The number of anilines is 1. The second kappa shape index (κ2) is 8.60. The number of carbonyl (C=O) groups is 1. The van der Waals surface area contributed by atoms with Gasteiger partial charge in [-0.15, -0.1) is 0 Å². The fraction of sp³-hybridized carbons (Fsp3) is 0.368. The average Bonchev–Trinajstić information content (AvgIpc) is 2.63. The number of nitrogens with one attached hydrogen (secondary N) is 2. The fourth-order valence-corrected chi connectivity index (χ4v) is 2.92. The lowest BCUT2D eigenvalue weighted by atomic mass is 10.1. The molecule has 2 amide bonds. The fourth-order valence-electron chi connectivity index (χ4n) is 2.92. The average molecular weight is 340 g/mol. The quantitative estimate of drug-likeness (QED) is 0.878. The molecule has 1 aliphatic rings. The lowest BCUT2D eigenvalue weighted by molar-refractivity contribution is -0.0440. The van der Waals surface area contributed by atoms with Gasteiger partial charge in [-0.2, -0.15) is 0 Å². The summed E-state index contributed by atoms with van der Waals surface area (Å²) in [6.07, 6.45) is 3.25. The molecule has 0 unspecified atom stereocenters. The molecule has 3 rings (SSSR count). The van der Waals surface area contributed by atoms with Crippen molar-refractivity contribution in [1.82, 2.24) is 15.2 Å². The van der Waals surface area contributed by atoms with Crippen LogP contribution in [0.25, 0.3) is 0 Å². The molecular weight excluding hydrogens is 316 g/mol.